The summed E-state index contributed by atoms with van der Waals surface area (Å²) in [6.45, 7) is 0. The van der Waals surface area contributed by atoms with E-state index in [2.05, 4.69) is 0 Å². The molecule has 0 spiro atoms. The molecular formula is C19H3F12Sn+3. The molecule has 0 saturated heterocycles. The van der Waals surface area contributed by atoms with E-state index < -0.39 is 112 Å². The van der Waals surface area contributed by atoms with Gasteiger partial charge in [-0.2, -0.15) is 0 Å². The van der Waals surface area contributed by atoms with Crippen LogP contribution in [-0.4, -0.2) is 22.5 Å². The van der Waals surface area contributed by atoms with Gasteiger partial charge in [0.1, 0.15) is 0 Å². The van der Waals surface area contributed by atoms with Crippen molar-refractivity contribution in [3.63, 3.8) is 0 Å². The zero-order valence-electron chi connectivity index (χ0n) is 14.8. The minimum absolute atomic E-state index is 0.386. The van der Waals surface area contributed by atoms with Crippen LogP contribution < -0.4 is 0 Å². The first kappa shape index (κ1) is 24.3. The molecule has 0 atom stereocenters. The SMILES string of the molecule is Fc1cc(F)c(F)c([C]([Sn+3])(c2c(F)c(F)cc(F)c2F)c2c(F)c(F)cc(F)c2F)c1F. The Morgan fingerprint density at radius 3 is 0.688 bits per heavy atom. The molecule has 0 nitrogen and oxygen atoms in total. The summed E-state index contributed by atoms with van der Waals surface area (Å²) < 4.78 is 167. The van der Waals surface area contributed by atoms with Crippen molar-refractivity contribution in [2.24, 2.45) is 0 Å². The quantitative estimate of drug-likeness (QED) is 0.159. The van der Waals surface area contributed by atoms with Crippen LogP contribution in [0.2, 0.25) is 0 Å². The van der Waals surface area contributed by atoms with Gasteiger partial charge in [0.05, 0.1) is 0 Å². The summed E-state index contributed by atoms with van der Waals surface area (Å²) in [6.07, 6.45) is 0. The molecule has 0 saturated carbocycles. The molecule has 32 heavy (non-hydrogen) atoms. The summed E-state index contributed by atoms with van der Waals surface area (Å²) in [5.74, 6) is -28.5. The van der Waals surface area contributed by atoms with E-state index in [1.807, 2.05) is 0 Å². The average Bonchev–Trinajstić information content (AvgIpc) is 2.70. The van der Waals surface area contributed by atoms with Gasteiger partial charge in [-0.1, -0.05) is 0 Å². The molecule has 0 unspecified atom stereocenters. The van der Waals surface area contributed by atoms with E-state index in [9.17, 15) is 52.7 Å². The van der Waals surface area contributed by atoms with Crippen molar-refractivity contribution in [2.45, 2.75) is 3.43 Å². The van der Waals surface area contributed by atoms with Crippen molar-refractivity contribution < 1.29 is 52.7 Å². The predicted octanol–water partition coefficient (Wildman–Crippen LogP) is 5.82. The number of hydrogen-bond donors (Lipinski definition) is 0. The maximum atomic E-state index is 14.6. The molecule has 0 fully saturated rings. The van der Waals surface area contributed by atoms with Crippen LogP contribution in [0, 0.1) is 69.8 Å². The minimum atomic E-state index is -3.84. The summed E-state index contributed by atoms with van der Waals surface area (Å²) in [4.78, 5) is 0. The molecule has 3 rings (SSSR count). The maximum absolute atomic E-state index is 14.6. The molecule has 0 amide bonds. The third-order valence-corrected chi connectivity index (χ3v) is 6.60. The van der Waals surface area contributed by atoms with Crippen LogP contribution in [0.3, 0.4) is 0 Å². The number of rotatable bonds is 3. The van der Waals surface area contributed by atoms with Gasteiger partial charge < -0.3 is 0 Å². The molecule has 3 aromatic rings. The van der Waals surface area contributed by atoms with E-state index in [1.54, 1.807) is 0 Å². The third kappa shape index (κ3) is 3.42. The van der Waals surface area contributed by atoms with Crippen LogP contribution in [-0.2, 0) is 3.43 Å². The molecule has 3 aromatic carbocycles. The topological polar surface area (TPSA) is 0 Å². The summed E-state index contributed by atoms with van der Waals surface area (Å²) in [6, 6.07) is -1.16. The van der Waals surface area contributed by atoms with Gasteiger partial charge >= 0.3 is 183 Å². The fraction of sp³-hybridized carbons (Fsp3) is 0.0526. The van der Waals surface area contributed by atoms with Crippen LogP contribution >= 0.6 is 0 Å². The molecule has 13 heteroatoms. The monoisotopic (exact) mass is 579 g/mol. The zero-order chi connectivity index (χ0) is 24.3. The molecule has 0 heterocycles. The molecule has 164 valence electrons. The van der Waals surface area contributed by atoms with Gasteiger partial charge in [-0.05, 0) is 0 Å². The number of hydrogen-bond acceptors (Lipinski definition) is 0. The molecular weight excluding hydrogens is 575 g/mol. The fourth-order valence-electron chi connectivity index (χ4n) is 3.08. The van der Waals surface area contributed by atoms with E-state index in [0.29, 0.717) is 0 Å². The van der Waals surface area contributed by atoms with E-state index >= 15 is 0 Å². The Hall–Kier alpha value is -2.38. The van der Waals surface area contributed by atoms with Gasteiger partial charge in [-0.15, -0.1) is 0 Å². The van der Waals surface area contributed by atoms with Gasteiger partial charge in [-0.3, -0.25) is 0 Å². The van der Waals surface area contributed by atoms with Gasteiger partial charge in [0.2, 0.25) is 0 Å². The summed E-state index contributed by atoms with van der Waals surface area (Å²) in [7, 11) is 0. The van der Waals surface area contributed by atoms with Crippen LogP contribution in [0.15, 0.2) is 18.2 Å². The molecule has 0 aliphatic rings. The average molecular weight is 578 g/mol. The third-order valence-electron chi connectivity index (χ3n) is 4.46. The van der Waals surface area contributed by atoms with Crippen molar-refractivity contribution in [1.82, 2.24) is 0 Å². The van der Waals surface area contributed by atoms with Crippen LogP contribution in [0.5, 0.6) is 0 Å². The first-order chi connectivity index (χ1) is 14.7. The number of benzene rings is 3. The summed E-state index contributed by atoms with van der Waals surface area (Å²) in [5.41, 5.74) is -6.54. The first-order valence-electron chi connectivity index (χ1n) is 8.00. The first-order valence-corrected chi connectivity index (χ1v) is 9.43. The Morgan fingerprint density at radius 1 is 0.375 bits per heavy atom. The van der Waals surface area contributed by atoms with Gasteiger partial charge in [0.15, 0.2) is 0 Å². The Kier molecular flexibility index (Phi) is 6.21. The van der Waals surface area contributed by atoms with Crippen LogP contribution in [0.1, 0.15) is 16.7 Å². The molecule has 0 aliphatic carbocycles. The van der Waals surface area contributed by atoms with Gasteiger partial charge in [0.25, 0.3) is 0 Å². The van der Waals surface area contributed by atoms with Crippen molar-refractivity contribution in [3.8, 4) is 0 Å². The molecule has 0 aliphatic heterocycles. The van der Waals surface area contributed by atoms with E-state index in [1.165, 1.54) is 0 Å². The standard InChI is InChI=1S/C19H3F12.Sn/c20-4-1-5(21)15(27)11(14(4)26)10(12-16(28)6(22)2-7(23)17(12)29)13-18(30)8(24)3-9(25)19(13)31;/h1-3H;/q;+3. The van der Waals surface area contributed by atoms with Crippen LogP contribution in [0.4, 0.5) is 52.7 Å². The Bertz CT molecular complexity index is 1040. The van der Waals surface area contributed by atoms with E-state index in [4.69, 9.17) is 0 Å². The second kappa shape index (κ2) is 8.19. The Labute approximate surface area is 183 Å². The zero-order valence-corrected chi connectivity index (χ0v) is 17.6. The molecule has 0 bridgehead atoms. The Balaban J connectivity index is 2.72. The second-order valence-electron chi connectivity index (χ2n) is 6.28. The molecule has 0 radical (unpaired) electrons. The van der Waals surface area contributed by atoms with E-state index in [-0.39, 0.29) is 18.2 Å². The second-order valence-corrected chi connectivity index (χ2v) is 8.42. The van der Waals surface area contributed by atoms with Crippen molar-refractivity contribution in [2.75, 3.05) is 0 Å². The summed E-state index contributed by atoms with van der Waals surface area (Å²) in [5, 5.41) is 0. The predicted molar refractivity (Wildman–Crippen MR) is 84.5 cm³/mol. The number of halogens is 12. The molecule has 0 N–H and O–H groups in total. The fourth-order valence-corrected chi connectivity index (χ4v) is 4.96. The van der Waals surface area contributed by atoms with Gasteiger partial charge in [-0.25, -0.2) is 0 Å². The Morgan fingerprint density at radius 2 is 0.531 bits per heavy atom. The van der Waals surface area contributed by atoms with E-state index in [0.717, 1.165) is 0 Å². The molecule has 0 aromatic heterocycles. The van der Waals surface area contributed by atoms with Crippen molar-refractivity contribution >= 4 is 22.5 Å². The van der Waals surface area contributed by atoms with Crippen molar-refractivity contribution in [1.29, 1.82) is 0 Å². The summed E-state index contributed by atoms with van der Waals surface area (Å²) >= 11 is -0.904. The van der Waals surface area contributed by atoms with Gasteiger partial charge in [0, 0.05) is 0 Å². The van der Waals surface area contributed by atoms with Crippen LogP contribution in [0.25, 0.3) is 0 Å². The normalized spacial score (nSPS) is 11.9. The van der Waals surface area contributed by atoms with Crippen molar-refractivity contribution in [3.05, 3.63) is 105 Å².